The summed E-state index contributed by atoms with van der Waals surface area (Å²) in [5.74, 6) is 0. The molecule has 0 aromatic carbocycles. The number of nitrogens with one attached hydrogen (secondary N) is 1. The van der Waals surface area contributed by atoms with Crippen molar-refractivity contribution >= 4 is 0 Å². The van der Waals surface area contributed by atoms with Crippen molar-refractivity contribution in [1.29, 1.82) is 0 Å². The van der Waals surface area contributed by atoms with Gasteiger partial charge >= 0.3 is 6.18 Å². The second-order valence-electron chi connectivity index (χ2n) is 5.18. The van der Waals surface area contributed by atoms with Crippen LogP contribution in [0.2, 0.25) is 0 Å². The van der Waals surface area contributed by atoms with Crippen LogP contribution >= 0.6 is 0 Å². The molecule has 1 N–H and O–H groups in total. The zero-order valence-electron chi connectivity index (χ0n) is 11.5. The van der Waals surface area contributed by atoms with Gasteiger partial charge in [0.25, 0.3) is 0 Å². The second kappa shape index (κ2) is 6.58. The highest BCUT2D eigenvalue weighted by atomic mass is 19.4. The van der Waals surface area contributed by atoms with Crippen LogP contribution in [0.5, 0.6) is 0 Å². The fourth-order valence-electron chi connectivity index (χ4n) is 1.91. The first-order valence-corrected chi connectivity index (χ1v) is 6.85. The molecule has 0 unspecified atom stereocenters. The summed E-state index contributed by atoms with van der Waals surface area (Å²) in [4.78, 5) is 0. The predicted molar refractivity (Wildman–Crippen MR) is 68.3 cm³/mol. The lowest BCUT2D eigenvalue weighted by Crippen LogP contribution is -2.17. The molecule has 0 aliphatic heterocycles. The molecule has 1 saturated carbocycles. The topological polar surface area (TPSA) is 39.1 Å². The molecule has 1 aromatic rings. The molecule has 0 amide bonds. The first kappa shape index (κ1) is 15.3. The third-order valence-electron chi connectivity index (χ3n) is 3.15. The van der Waals surface area contributed by atoms with Crippen molar-refractivity contribution in [3.05, 3.63) is 17.5 Å². The van der Waals surface area contributed by atoms with Crippen LogP contribution in [0.25, 0.3) is 0 Å². The Morgan fingerprint density at radius 2 is 2.20 bits per heavy atom. The molecule has 7 heteroatoms. The number of aryl methyl sites for hydroxylation is 2. The van der Waals surface area contributed by atoms with E-state index in [4.69, 9.17) is 0 Å². The molecule has 20 heavy (non-hydrogen) atoms. The first-order valence-electron chi connectivity index (χ1n) is 6.85. The van der Waals surface area contributed by atoms with E-state index in [1.54, 1.807) is 4.68 Å². The van der Waals surface area contributed by atoms with Crippen LogP contribution in [-0.4, -0.2) is 35.2 Å². The van der Waals surface area contributed by atoms with Crippen LogP contribution in [0.1, 0.15) is 30.5 Å². The number of rotatable bonds is 8. The van der Waals surface area contributed by atoms with E-state index >= 15 is 0 Å². The molecule has 0 atom stereocenters. The maximum Gasteiger partial charge on any atom is 0.411 e. The summed E-state index contributed by atoms with van der Waals surface area (Å²) in [6.45, 7) is 2.24. The van der Waals surface area contributed by atoms with Gasteiger partial charge in [-0.2, -0.15) is 18.3 Å². The van der Waals surface area contributed by atoms with Gasteiger partial charge in [-0.3, -0.25) is 4.68 Å². The molecular formula is C13H20F3N3O. The Balaban J connectivity index is 1.66. The van der Waals surface area contributed by atoms with Crippen molar-refractivity contribution in [1.82, 2.24) is 15.1 Å². The zero-order chi connectivity index (χ0) is 14.6. The lowest BCUT2D eigenvalue weighted by molar-refractivity contribution is -0.174. The molecule has 1 aliphatic rings. The quantitative estimate of drug-likeness (QED) is 0.748. The minimum atomic E-state index is -4.25. The monoisotopic (exact) mass is 291 g/mol. The van der Waals surface area contributed by atoms with E-state index in [9.17, 15) is 13.2 Å². The van der Waals surface area contributed by atoms with Gasteiger partial charge in [-0.05, 0) is 26.2 Å². The summed E-state index contributed by atoms with van der Waals surface area (Å²) in [5.41, 5.74) is 2.11. The first-order chi connectivity index (χ1) is 9.44. The third-order valence-corrected chi connectivity index (χ3v) is 3.15. The van der Waals surface area contributed by atoms with Crippen LogP contribution < -0.4 is 5.32 Å². The molecule has 0 spiro atoms. The molecule has 2 rings (SSSR count). The van der Waals surface area contributed by atoms with Crippen molar-refractivity contribution in [2.24, 2.45) is 0 Å². The van der Waals surface area contributed by atoms with E-state index in [1.807, 2.05) is 13.1 Å². The van der Waals surface area contributed by atoms with Gasteiger partial charge < -0.3 is 10.1 Å². The van der Waals surface area contributed by atoms with E-state index in [0.29, 0.717) is 19.0 Å². The van der Waals surface area contributed by atoms with Crippen molar-refractivity contribution < 1.29 is 17.9 Å². The predicted octanol–water partition coefficient (Wildman–Crippen LogP) is 2.41. The maximum atomic E-state index is 11.9. The Morgan fingerprint density at radius 1 is 1.45 bits per heavy atom. The third kappa shape index (κ3) is 5.50. The van der Waals surface area contributed by atoms with Gasteiger partial charge in [-0.15, -0.1) is 0 Å². The average Bonchev–Trinajstić information content (AvgIpc) is 3.10. The number of aromatic nitrogens is 2. The van der Waals surface area contributed by atoms with Crippen molar-refractivity contribution in [3.63, 3.8) is 0 Å². The molecule has 0 saturated heterocycles. The summed E-state index contributed by atoms with van der Waals surface area (Å²) in [6.07, 6.45) is 0.707. The van der Waals surface area contributed by atoms with Crippen LogP contribution in [0.3, 0.4) is 0 Å². The highest BCUT2D eigenvalue weighted by Gasteiger charge is 2.27. The largest absolute Gasteiger partial charge is 0.411 e. The van der Waals surface area contributed by atoms with Crippen LogP contribution in [0.15, 0.2) is 6.20 Å². The van der Waals surface area contributed by atoms with Gasteiger partial charge in [0.1, 0.15) is 6.61 Å². The maximum absolute atomic E-state index is 11.9. The zero-order valence-corrected chi connectivity index (χ0v) is 11.5. The fourth-order valence-corrected chi connectivity index (χ4v) is 1.91. The molecule has 1 aliphatic carbocycles. The number of halogens is 3. The van der Waals surface area contributed by atoms with Gasteiger partial charge in [-0.25, -0.2) is 0 Å². The van der Waals surface area contributed by atoms with Crippen LogP contribution in [0, 0.1) is 6.92 Å². The van der Waals surface area contributed by atoms with E-state index in [2.05, 4.69) is 15.2 Å². The lowest BCUT2D eigenvalue weighted by atomic mass is 10.2. The van der Waals surface area contributed by atoms with Crippen LogP contribution in [-0.2, 0) is 17.8 Å². The lowest BCUT2D eigenvalue weighted by Gasteiger charge is -2.07. The Morgan fingerprint density at radius 3 is 2.85 bits per heavy atom. The molecule has 114 valence electrons. The summed E-state index contributed by atoms with van der Waals surface area (Å²) in [7, 11) is 0. The molecule has 0 bridgehead atoms. The summed E-state index contributed by atoms with van der Waals surface area (Å²) in [6, 6.07) is 0.647. The van der Waals surface area contributed by atoms with Gasteiger partial charge in [0.2, 0.25) is 0 Å². The van der Waals surface area contributed by atoms with E-state index in [0.717, 1.165) is 17.8 Å². The van der Waals surface area contributed by atoms with E-state index < -0.39 is 12.8 Å². The number of nitrogens with zero attached hydrogens (tertiary/aromatic N) is 2. The summed E-state index contributed by atoms with van der Waals surface area (Å²) in [5, 5.41) is 7.77. The Bertz CT molecular complexity index is 427. The number of alkyl halides is 3. The highest BCUT2D eigenvalue weighted by molar-refractivity contribution is 5.15. The van der Waals surface area contributed by atoms with Crippen molar-refractivity contribution in [2.45, 2.75) is 51.5 Å². The Kier molecular flexibility index (Phi) is 5.04. The number of hydrogen-bond acceptors (Lipinski definition) is 3. The van der Waals surface area contributed by atoms with Gasteiger partial charge in [0.05, 0.1) is 5.69 Å². The van der Waals surface area contributed by atoms with E-state index in [-0.39, 0.29) is 6.61 Å². The minimum Gasteiger partial charge on any atom is -0.372 e. The van der Waals surface area contributed by atoms with E-state index in [1.165, 1.54) is 12.8 Å². The molecule has 1 heterocycles. The normalized spacial score (nSPS) is 15.8. The Hall–Kier alpha value is -1.08. The molecule has 4 nitrogen and oxygen atoms in total. The van der Waals surface area contributed by atoms with Crippen molar-refractivity contribution in [3.8, 4) is 0 Å². The summed E-state index contributed by atoms with van der Waals surface area (Å²) >= 11 is 0. The van der Waals surface area contributed by atoms with Crippen molar-refractivity contribution in [2.75, 3.05) is 13.2 Å². The fraction of sp³-hybridized carbons (Fsp3) is 0.769. The smallest absolute Gasteiger partial charge is 0.372 e. The number of hydrogen-bond donors (Lipinski definition) is 1. The van der Waals surface area contributed by atoms with Crippen LogP contribution in [0.4, 0.5) is 13.2 Å². The number of ether oxygens (including phenoxy) is 1. The Labute approximate surface area is 116 Å². The molecule has 1 fully saturated rings. The average molecular weight is 291 g/mol. The van der Waals surface area contributed by atoms with Gasteiger partial charge in [0.15, 0.2) is 0 Å². The molecule has 0 radical (unpaired) electrons. The molecular weight excluding hydrogens is 271 g/mol. The second-order valence-corrected chi connectivity index (χ2v) is 5.18. The van der Waals surface area contributed by atoms with Gasteiger partial charge in [-0.1, -0.05) is 0 Å². The minimum absolute atomic E-state index is 0.0913. The summed E-state index contributed by atoms with van der Waals surface area (Å²) < 4.78 is 41.9. The molecule has 1 aromatic heterocycles. The SMILES string of the molecule is Cc1nn(CCCOCC(F)(F)F)cc1CNC1CC1. The highest BCUT2D eigenvalue weighted by Crippen LogP contribution is 2.19. The van der Waals surface area contributed by atoms with Gasteiger partial charge in [0, 0.05) is 37.5 Å². The standard InChI is InChI=1S/C13H20F3N3O/c1-10-11(7-17-12-3-4-12)8-19(18-10)5-2-6-20-9-13(14,15)16/h8,12,17H,2-7,9H2,1H3.